The third-order valence-corrected chi connectivity index (χ3v) is 10.3. The number of allylic oxidation sites excluding steroid dienone is 2. The molecule has 0 radical (unpaired) electrons. The number of fused-ring (bicyclic) bond motifs is 1. The van der Waals surface area contributed by atoms with E-state index in [1.807, 2.05) is 0 Å². The van der Waals surface area contributed by atoms with Gasteiger partial charge >= 0.3 is 17.9 Å². The molecule has 17 nitrogen and oxygen atoms in total. The molecule has 0 saturated heterocycles. The van der Waals surface area contributed by atoms with Gasteiger partial charge in [0.1, 0.15) is 31.7 Å². The third-order valence-electron chi connectivity index (χ3n) is 6.85. The molecule has 3 unspecified atom stereocenters. The summed E-state index contributed by atoms with van der Waals surface area (Å²) >= 11 is 0. The first-order chi connectivity index (χ1) is 23.9. The molecule has 51 heavy (non-hydrogen) atoms. The van der Waals surface area contributed by atoms with Crippen LogP contribution in [0.5, 0.6) is 0 Å². The summed E-state index contributed by atoms with van der Waals surface area (Å²) in [5.41, 5.74) is 3.28. The molecule has 1 aliphatic carbocycles. The van der Waals surface area contributed by atoms with Crippen molar-refractivity contribution in [2.24, 2.45) is 0 Å². The number of benzene rings is 2. The first-order valence-corrected chi connectivity index (χ1v) is 19.5. The van der Waals surface area contributed by atoms with Gasteiger partial charge < -0.3 is 23.9 Å². The Morgan fingerprint density at radius 2 is 1.69 bits per heavy atom. The molecule has 1 aliphatic rings. The topological polar surface area (TPSA) is 235 Å². The second kappa shape index (κ2) is 18.4. The number of carbonyl (C=O) groups excluding carboxylic acids is 3. The number of ether oxygens (including phenoxy) is 3. The van der Waals surface area contributed by atoms with E-state index in [2.05, 4.69) is 9.68 Å². The summed E-state index contributed by atoms with van der Waals surface area (Å²) < 4.78 is 64.2. The summed E-state index contributed by atoms with van der Waals surface area (Å²) in [4.78, 5) is 68.6. The molecular formula is C30H31FN2O15S3. The predicted octanol–water partition coefficient (Wildman–Crippen LogP) is 3.15. The number of rotatable bonds is 19. The van der Waals surface area contributed by atoms with Crippen LogP contribution in [-0.4, -0.2) is 91.0 Å². The van der Waals surface area contributed by atoms with Gasteiger partial charge in [0.15, 0.2) is 8.87 Å². The van der Waals surface area contributed by atoms with Crippen molar-refractivity contribution in [2.45, 2.75) is 36.9 Å². The van der Waals surface area contributed by atoms with E-state index in [1.54, 1.807) is 43.5 Å². The number of carbonyl (C=O) groups is 3. The smallest absolute Gasteiger partial charge is 0.351 e. The molecule has 0 amide bonds. The average Bonchev–Trinajstić information content (AvgIpc) is 3.28. The molecule has 0 aliphatic heterocycles. The van der Waals surface area contributed by atoms with E-state index in [0.717, 1.165) is 11.8 Å². The van der Waals surface area contributed by atoms with Crippen LogP contribution in [0.3, 0.4) is 0 Å². The Morgan fingerprint density at radius 3 is 2.29 bits per heavy atom. The van der Waals surface area contributed by atoms with Crippen molar-refractivity contribution in [3.05, 3.63) is 90.8 Å². The number of halogens is 1. The van der Waals surface area contributed by atoms with Gasteiger partial charge in [0, 0.05) is 34.0 Å². The minimum Gasteiger partial charge on any atom is -0.462 e. The highest BCUT2D eigenvalue weighted by Crippen LogP contribution is 2.44. The van der Waals surface area contributed by atoms with E-state index < -0.39 is 98.4 Å². The third kappa shape index (κ3) is 13.1. The molecule has 3 atom stereocenters. The molecule has 21 heteroatoms. The normalized spacial score (nSPS) is 14.9. The summed E-state index contributed by atoms with van der Waals surface area (Å²) in [5, 5.41) is 18.6. The van der Waals surface area contributed by atoms with Crippen LogP contribution in [0.15, 0.2) is 52.9 Å². The largest absolute Gasteiger partial charge is 0.462 e. The van der Waals surface area contributed by atoms with Gasteiger partial charge in [0.2, 0.25) is 6.10 Å². The Bertz CT molecular complexity index is 1860. The van der Waals surface area contributed by atoms with E-state index >= 15 is 0 Å². The highest BCUT2D eigenvalue weighted by Gasteiger charge is 2.31. The van der Waals surface area contributed by atoms with Gasteiger partial charge in [0.25, 0.3) is 10.2 Å². The zero-order valence-electron chi connectivity index (χ0n) is 27.1. The fourth-order valence-electron chi connectivity index (χ4n) is 4.62. The van der Waals surface area contributed by atoms with Crippen LogP contribution in [0.2, 0.25) is 0 Å². The summed E-state index contributed by atoms with van der Waals surface area (Å²) in [7, 11) is -4.20. The monoisotopic (exact) mass is 774 g/mol. The van der Waals surface area contributed by atoms with Crippen molar-refractivity contribution in [3.8, 4) is 0 Å². The molecule has 0 spiro atoms. The lowest BCUT2D eigenvalue weighted by Crippen LogP contribution is -2.36. The molecule has 0 N–H and O–H groups in total. The van der Waals surface area contributed by atoms with Crippen molar-refractivity contribution in [1.82, 2.24) is 0 Å². The fraction of sp³-hybridized carbons (Fsp3) is 0.367. The maximum absolute atomic E-state index is 14.4. The number of esters is 3. The molecule has 2 aromatic carbocycles. The van der Waals surface area contributed by atoms with E-state index in [4.69, 9.17) is 14.2 Å². The second-order valence-electron chi connectivity index (χ2n) is 10.6. The van der Waals surface area contributed by atoms with E-state index in [-0.39, 0.29) is 5.75 Å². The zero-order valence-corrected chi connectivity index (χ0v) is 29.6. The number of hydrogen-bond donors (Lipinski definition) is 0. The molecule has 0 aromatic heterocycles. The maximum Gasteiger partial charge on any atom is 0.351 e. The zero-order chi connectivity index (χ0) is 37.9. The first-order valence-electron chi connectivity index (χ1n) is 14.5. The Kier molecular flexibility index (Phi) is 14.6. The van der Waals surface area contributed by atoms with E-state index in [1.165, 1.54) is 18.2 Å². The molecule has 0 saturated carbocycles. The molecular weight excluding hydrogens is 744 g/mol. The second-order valence-corrected chi connectivity index (χ2v) is 16.5. The van der Waals surface area contributed by atoms with Gasteiger partial charge in [-0.2, -0.15) is 0 Å². The van der Waals surface area contributed by atoms with Crippen LogP contribution < -0.4 is 0 Å². The summed E-state index contributed by atoms with van der Waals surface area (Å²) in [5.74, 6) is -4.31. The predicted molar refractivity (Wildman–Crippen MR) is 179 cm³/mol. The number of nitrogens with zero attached hydrogens (tertiary/aromatic N) is 2. The number of hydrogen-bond acceptors (Lipinski definition) is 16. The Hall–Kier alpha value is -4.89. The molecule has 0 fully saturated rings. The van der Waals surface area contributed by atoms with Crippen LogP contribution in [0, 0.1) is 26.0 Å². The van der Waals surface area contributed by atoms with Crippen molar-refractivity contribution in [3.63, 3.8) is 0 Å². The quantitative estimate of drug-likeness (QED) is 0.0498. The molecule has 2 aromatic rings. The van der Waals surface area contributed by atoms with Gasteiger partial charge in [-0.25, -0.2) is 17.6 Å². The van der Waals surface area contributed by atoms with Crippen LogP contribution in [-0.2, 0) is 57.9 Å². The standard InChI is InChI=1S/C30H31FN2O15S3/c1-18-24(12-19-4-7-22(8-5-19)50(2)41)23-9-6-20(31)13-26(23)25(18)15-29(35)47-27(30(36)44-10-11-49-51(3,42)43)17-45-28(34)14-21(48-33(39)40)16-46-32(37)38/h4-9,12-13,21,27H,10-11,14-17H2,1-3H3. The van der Waals surface area contributed by atoms with E-state index in [9.17, 15) is 51.6 Å². The summed E-state index contributed by atoms with van der Waals surface area (Å²) in [6, 6.07) is 10.9. The van der Waals surface area contributed by atoms with Crippen molar-refractivity contribution in [1.29, 1.82) is 0 Å². The van der Waals surface area contributed by atoms with E-state index in [0.29, 0.717) is 43.5 Å². The minimum absolute atomic E-state index is 0.191. The Labute approximate surface area is 296 Å². The van der Waals surface area contributed by atoms with Gasteiger partial charge in [0.05, 0.1) is 12.8 Å². The maximum atomic E-state index is 14.4. The lowest BCUT2D eigenvalue weighted by Gasteiger charge is -2.18. The summed E-state index contributed by atoms with van der Waals surface area (Å²) in [6.07, 6.45) is -0.848. The lowest BCUT2D eigenvalue weighted by molar-refractivity contribution is -0.789. The molecule has 3 rings (SSSR count). The Balaban J connectivity index is 1.81. The SMILES string of the molecule is CC1=C(CC(=O)OC(COC(=O)CC(CO[N+](=O)[O-])O[N+](=O)[O-])C(=O)OCCSS(C)(=O)=O)c2cc(F)ccc2C1=Cc1ccc(S(C)=O)cc1. The van der Waals surface area contributed by atoms with Gasteiger partial charge in [-0.15, -0.1) is 20.2 Å². The van der Waals surface area contributed by atoms with Crippen molar-refractivity contribution < 1.29 is 65.5 Å². The minimum atomic E-state index is -3.48. The van der Waals surface area contributed by atoms with Crippen LogP contribution in [0.25, 0.3) is 17.2 Å². The lowest BCUT2D eigenvalue weighted by atomic mass is 10.0. The first kappa shape index (κ1) is 40.5. The van der Waals surface area contributed by atoms with Gasteiger partial charge in [-0.1, -0.05) is 18.2 Å². The summed E-state index contributed by atoms with van der Waals surface area (Å²) in [6.45, 7) is -0.743. The van der Waals surface area contributed by atoms with Crippen LogP contribution >= 0.6 is 10.8 Å². The van der Waals surface area contributed by atoms with Crippen LogP contribution in [0.4, 0.5) is 4.39 Å². The fourth-order valence-corrected chi connectivity index (χ4v) is 6.71. The molecule has 0 bridgehead atoms. The van der Waals surface area contributed by atoms with Crippen LogP contribution in [0.1, 0.15) is 36.5 Å². The van der Waals surface area contributed by atoms with Crippen molar-refractivity contribution >= 4 is 65.6 Å². The highest BCUT2D eigenvalue weighted by molar-refractivity contribution is 8.71. The molecule has 276 valence electrons. The molecule has 0 heterocycles. The van der Waals surface area contributed by atoms with Crippen molar-refractivity contribution in [2.75, 3.05) is 38.1 Å². The highest BCUT2D eigenvalue weighted by atomic mass is 33.1. The van der Waals surface area contributed by atoms with Gasteiger partial charge in [-0.05, 0) is 81.5 Å². The average molecular weight is 775 g/mol. The Morgan fingerprint density at radius 1 is 1.00 bits per heavy atom. The van der Waals surface area contributed by atoms with Gasteiger partial charge in [-0.3, -0.25) is 13.8 Å².